The number of aromatic amines is 1. The van der Waals surface area contributed by atoms with E-state index in [4.69, 9.17) is 0 Å². The summed E-state index contributed by atoms with van der Waals surface area (Å²) in [5.74, 6) is -0.0608. The van der Waals surface area contributed by atoms with Crippen molar-refractivity contribution < 1.29 is 23.1 Å². The molecule has 7 heteroatoms. The van der Waals surface area contributed by atoms with Crippen LogP contribution in [0.2, 0.25) is 0 Å². The van der Waals surface area contributed by atoms with Gasteiger partial charge in [0.1, 0.15) is 5.82 Å². The van der Waals surface area contributed by atoms with Crippen LogP contribution in [-0.2, 0) is 25.4 Å². The number of rotatable bonds is 7. The summed E-state index contributed by atoms with van der Waals surface area (Å²) in [6, 6.07) is 18.6. The van der Waals surface area contributed by atoms with Gasteiger partial charge in [0.2, 0.25) is 0 Å². The Kier molecular flexibility index (Phi) is 5.63. The quantitative estimate of drug-likeness (QED) is 0.332. The fourth-order valence-corrected chi connectivity index (χ4v) is 4.79. The Morgan fingerprint density at radius 1 is 1.00 bits per heavy atom. The number of carboxylic acid groups (broad SMARTS) is 1. The van der Waals surface area contributed by atoms with Crippen molar-refractivity contribution in [3.05, 3.63) is 100 Å². The number of alkyl halides is 3. The van der Waals surface area contributed by atoms with Crippen molar-refractivity contribution in [2.75, 3.05) is 0 Å². The number of nitrogens with one attached hydrogen (secondary N) is 1. The van der Waals surface area contributed by atoms with E-state index in [2.05, 4.69) is 9.97 Å². The molecule has 0 bridgehead atoms. The van der Waals surface area contributed by atoms with E-state index in [-0.39, 0.29) is 17.4 Å². The zero-order valence-electron chi connectivity index (χ0n) is 18.3. The number of fused-ring (bicyclic) bond motifs is 1. The first kappa shape index (κ1) is 22.2. The summed E-state index contributed by atoms with van der Waals surface area (Å²) in [5.41, 5.74) is 3.69. The summed E-state index contributed by atoms with van der Waals surface area (Å²) in [5, 5.41) is 9.48. The Morgan fingerprint density at radius 3 is 2.53 bits per heavy atom. The number of halogens is 3. The van der Waals surface area contributed by atoms with E-state index in [9.17, 15) is 23.1 Å². The molecule has 1 aliphatic carbocycles. The van der Waals surface area contributed by atoms with Gasteiger partial charge in [0, 0.05) is 6.42 Å². The van der Waals surface area contributed by atoms with Crippen molar-refractivity contribution in [3.63, 3.8) is 0 Å². The lowest BCUT2D eigenvalue weighted by molar-refractivity contribution is -0.138. The molecule has 5 rings (SSSR count). The Morgan fingerprint density at radius 2 is 1.76 bits per heavy atom. The van der Waals surface area contributed by atoms with E-state index in [1.807, 2.05) is 30.3 Å². The molecule has 0 amide bonds. The van der Waals surface area contributed by atoms with Crippen molar-refractivity contribution in [2.45, 2.75) is 37.8 Å². The summed E-state index contributed by atoms with van der Waals surface area (Å²) in [6.07, 6.45) is -2.00. The summed E-state index contributed by atoms with van der Waals surface area (Å²) in [6.45, 7) is 0. The average Bonchev–Trinajstić information content (AvgIpc) is 3.43. The molecule has 4 aromatic rings. The minimum atomic E-state index is -4.39. The number of benzene rings is 3. The smallest absolute Gasteiger partial charge is 0.416 e. The molecule has 1 aliphatic rings. The van der Waals surface area contributed by atoms with Gasteiger partial charge in [-0.2, -0.15) is 13.2 Å². The van der Waals surface area contributed by atoms with Gasteiger partial charge in [-0.05, 0) is 78.1 Å². The lowest BCUT2D eigenvalue weighted by atomic mass is 9.94. The van der Waals surface area contributed by atoms with E-state index in [1.54, 1.807) is 18.2 Å². The molecule has 0 aliphatic heterocycles. The summed E-state index contributed by atoms with van der Waals surface area (Å²) in [4.78, 5) is 19.5. The molecule has 34 heavy (non-hydrogen) atoms. The number of aromatic carboxylic acids is 1. The fourth-order valence-electron chi connectivity index (χ4n) is 4.79. The maximum absolute atomic E-state index is 13.4. The lowest BCUT2D eigenvalue weighted by Gasteiger charge is -2.13. The number of hydrogen-bond acceptors (Lipinski definition) is 2. The lowest BCUT2D eigenvalue weighted by Crippen LogP contribution is -2.09. The van der Waals surface area contributed by atoms with Crippen LogP contribution in [0, 0.1) is 5.92 Å². The fraction of sp³-hybridized carbons (Fsp3) is 0.259. The number of hydrogen-bond donors (Lipinski definition) is 2. The van der Waals surface area contributed by atoms with Crippen LogP contribution in [0.3, 0.4) is 0 Å². The second kappa shape index (κ2) is 8.63. The van der Waals surface area contributed by atoms with Gasteiger partial charge in [0.25, 0.3) is 0 Å². The Labute approximate surface area is 194 Å². The number of aryl methyl sites for hydroxylation is 2. The maximum Gasteiger partial charge on any atom is 0.416 e. The molecule has 2 unspecified atom stereocenters. The topological polar surface area (TPSA) is 66.0 Å². The minimum absolute atomic E-state index is 0.0475. The van der Waals surface area contributed by atoms with Gasteiger partial charge in [-0.1, -0.05) is 36.4 Å². The van der Waals surface area contributed by atoms with Crippen molar-refractivity contribution in [1.82, 2.24) is 9.97 Å². The van der Waals surface area contributed by atoms with Gasteiger partial charge in [-0.15, -0.1) is 0 Å². The van der Waals surface area contributed by atoms with Crippen LogP contribution in [0.15, 0.2) is 66.7 Å². The van der Waals surface area contributed by atoms with Crippen LogP contribution in [0.25, 0.3) is 11.0 Å². The molecule has 0 radical (unpaired) electrons. The molecule has 1 heterocycles. The molecule has 3 aromatic carbocycles. The van der Waals surface area contributed by atoms with Crippen molar-refractivity contribution in [2.24, 2.45) is 5.92 Å². The normalized spacial score (nSPS) is 17.7. The zero-order valence-corrected chi connectivity index (χ0v) is 18.3. The summed E-state index contributed by atoms with van der Waals surface area (Å²) >= 11 is 0. The number of nitrogens with zero attached hydrogens (tertiary/aromatic N) is 1. The predicted molar refractivity (Wildman–Crippen MR) is 123 cm³/mol. The van der Waals surface area contributed by atoms with Crippen LogP contribution >= 0.6 is 0 Å². The highest BCUT2D eigenvalue weighted by atomic mass is 19.4. The Hall–Kier alpha value is -3.61. The van der Waals surface area contributed by atoms with E-state index in [1.165, 1.54) is 12.1 Å². The van der Waals surface area contributed by atoms with Gasteiger partial charge in [-0.3, -0.25) is 0 Å². The summed E-state index contributed by atoms with van der Waals surface area (Å²) in [7, 11) is 0. The van der Waals surface area contributed by atoms with Crippen LogP contribution in [0.5, 0.6) is 0 Å². The first-order valence-electron chi connectivity index (χ1n) is 11.2. The first-order chi connectivity index (χ1) is 16.3. The largest absolute Gasteiger partial charge is 0.478 e. The van der Waals surface area contributed by atoms with E-state index in [0.29, 0.717) is 24.8 Å². The molecule has 0 spiro atoms. The van der Waals surface area contributed by atoms with Gasteiger partial charge in [0.05, 0.1) is 22.2 Å². The standard InChI is InChI=1S/C27H23F3N2O2/c28-27(29,30)22-6-2-1-5-17(22)13-19-15-21(19)20-14-18(26(33)34)10-9-16(20)11-12-25-31-23-7-3-4-8-24(23)32-25/h1-10,14,19,21H,11-13,15H2,(H,31,32)(H,33,34). The molecule has 1 aromatic heterocycles. The number of H-pyrrole nitrogens is 1. The first-order valence-corrected chi connectivity index (χ1v) is 11.2. The van der Waals surface area contributed by atoms with E-state index < -0.39 is 17.7 Å². The Bertz CT molecular complexity index is 1330. The highest BCUT2D eigenvalue weighted by Gasteiger charge is 2.41. The van der Waals surface area contributed by atoms with Gasteiger partial charge in [0.15, 0.2) is 0 Å². The molecule has 2 atom stereocenters. The molecular weight excluding hydrogens is 441 g/mol. The van der Waals surface area contributed by atoms with Crippen molar-refractivity contribution in [1.29, 1.82) is 0 Å². The molecule has 1 fully saturated rings. The third kappa shape index (κ3) is 4.55. The average molecular weight is 464 g/mol. The van der Waals surface area contributed by atoms with E-state index >= 15 is 0 Å². The third-order valence-electron chi connectivity index (χ3n) is 6.59. The van der Waals surface area contributed by atoms with Crippen LogP contribution < -0.4 is 0 Å². The summed E-state index contributed by atoms with van der Waals surface area (Å²) < 4.78 is 40.2. The Balaban J connectivity index is 1.37. The number of carbonyl (C=O) groups is 1. The molecule has 1 saturated carbocycles. The monoisotopic (exact) mass is 464 g/mol. The SMILES string of the molecule is O=C(O)c1ccc(CCc2nc3ccccc3[nH]2)c(C2CC2Cc2ccccc2C(F)(F)F)c1. The highest BCUT2D eigenvalue weighted by Crippen LogP contribution is 2.51. The number of carboxylic acids is 1. The second-order valence-corrected chi connectivity index (χ2v) is 8.88. The number of aromatic nitrogens is 2. The van der Waals surface area contributed by atoms with Crippen LogP contribution in [0.4, 0.5) is 13.2 Å². The van der Waals surface area contributed by atoms with Crippen molar-refractivity contribution >= 4 is 17.0 Å². The van der Waals surface area contributed by atoms with Gasteiger partial charge >= 0.3 is 12.1 Å². The third-order valence-corrected chi connectivity index (χ3v) is 6.59. The van der Waals surface area contributed by atoms with Crippen molar-refractivity contribution in [3.8, 4) is 0 Å². The van der Waals surface area contributed by atoms with Gasteiger partial charge < -0.3 is 10.1 Å². The number of imidazole rings is 1. The minimum Gasteiger partial charge on any atom is -0.478 e. The molecule has 174 valence electrons. The zero-order chi connectivity index (χ0) is 23.9. The maximum atomic E-state index is 13.4. The van der Waals surface area contributed by atoms with Crippen LogP contribution in [-0.4, -0.2) is 21.0 Å². The predicted octanol–water partition coefficient (Wildman–Crippen LogP) is 6.41. The molecule has 0 saturated heterocycles. The van der Waals surface area contributed by atoms with Crippen LogP contribution in [0.1, 0.15) is 50.8 Å². The van der Waals surface area contributed by atoms with Gasteiger partial charge in [-0.25, -0.2) is 9.78 Å². The highest BCUT2D eigenvalue weighted by molar-refractivity contribution is 5.88. The molecular formula is C27H23F3N2O2. The number of para-hydroxylation sites is 2. The molecule has 4 nitrogen and oxygen atoms in total. The molecule has 2 N–H and O–H groups in total. The van der Waals surface area contributed by atoms with E-state index in [0.717, 1.165) is 40.5 Å². The second-order valence-electron chi connectivity index (χ2n) is 8.88.